The van der Waals surface area contributed by atoms with E-state index >= 15 is 0 Å². The van der Waals surface area contributed by atoms with Gasteiger partial charge < -0.3 is 5.32 Å². The minimum Gasteiger partial charge on any atom is -0.316 e. The first-order chi connectivity index (χ1) is 6.58. The fourth-order valence-electron chi connectivity index (χ4n) is 1.86. The van der Waals surface area contributed by atoms with E-state index in [9.17, 15) is 0 Å². The maximum absolute atomic E-state index is 3.41. The van der Waals surface area contributed by atoms with E-state index < -0.39 is 0 Å². The number of benzene rings is 1. The van der Waals surface area contributed by atoms with Crippen LogP contribution in [0, 0.1) is 6.92 Å². The maximum atomic E-state index is 3.41. The molecule has 0 bridgehead atoms. The van der Waals surface area contributed by atoms with E-state index in [1.807, 2.05) is 0 Å². The zero-order valence-corrected chi connectivity index (χ0v) is 9.72. The van der Waals surface area contributed by atoms with Crippen LogP contribution in [-0.4, -0.2) is 13.1 Å². The number of aryl methyl sites for hydroxylation is 1. The van der Waals surface area contributed by atoms with Gasteiger partial charge in [-0.05, 0) is 24.6 Å². The predicted octanol–water partition coefficient (Wildman–Crippen LogP) is 2.88. The molecule has 0 unspecified atom stereocenters. The third kappa shape index (κ3) is 2.58. The summed E-state index contributed by atoms with van der Waals surface area (Å²) in [7, 11) is 0. The first kappa shape index (κ1) is 11.3. The average Bonchev–Trinajstić information content (AvgIpc) is 2.15. The second kappa shape index (κ2) is 4.61. The first-order valence-corrected chi connectivity index (χ1v) is 5.35. The van der Waals surface area contributed by atoms with Gasteiger partial charge in [-0.3, -0.25) is 0 Å². The molecule has 78 valence electrons. The third-order valence-corrected chi connectivity index (χ3v) is 2.69. The molecular weight excluding hydrogens is 170 g/mol. The molecular formula is C13H21N. The monoisotopic (exact) mass is 191 g/mol. The van der Waals surface area contributed by atoms with Crippen molar-refractivity contribution in [2.24, 2.45) is 0 Å². The van der Waals surface area contributed by atoms with Gasteiger partial charge in [0.25, 0.3) is 0 Å². The van der Waals surface area contributed by atoms with Crippen molar-refractivity contribution >= 4 is 0 Å². The van der Waals surface area contributed by atoms with Gasteiger partial charge in [0.2, 0.25) is 0 Å². The van der Waals surface area contributed by atoms with E-state index in [0.29, 0.717) is 0 Å². The van der Waals surface area contributed by atoms with Crippen LogP contribution in [0.1, 0.15) is 31.9 Å². The van der Waals surface area contributed by atoms with Crippen LogP contribution in [0.5, 0.6) is 0 Å². The highest BCUT2D eigenvalue weighted by atomic mass is 14.9. The molecule has 1 rings (SSSR count). The molecule has 1 heteroatoms. The van der Waals surface area contributed by atoms with E-state index in [1.165, 1.54) is 11.1 Å². The Labute approximate surface area is 87.5 Å². The summed E-state index contributed by atoms with van der Waals surface area (Å²) in [5, 5.41) is 3.41. The second-order valence-electron chi connectivity index (χ2n) is 4.48. The number of nitrogens with one attached hydrogen (secondary N) is 1. The fourth-order valence-corrected chi connectivity index (χ4v) is 1.86. The normalized spacial score (nSPS) is 11.7. The van der Waals surface area contributed by atoms with Gasteiger partial charge in [0, 0.05) is 12.0 Å². The summed E-state index contributed by atoms with van der Waals surface area (Å²) in [4.78, 5) is 0. The van der Waals surface area contributed by atoms with E-state index in [4.69, 9.17) is 0 Å². The summed E-state index contributed by atoms with van der Waals surface area (Å²) < 4.78 is 0. The van der Waals surface area contributed by atoms with Crippen LogP contribution in [0.25, 0.3) is 0 Å². The highest BCUT2D eigenvalue weighted by Gasteiger charge is 2.20. The van der Waals surface area contributed by atoms with Gasteiger partial charge >= 0.3 is 0 Å². The topological polar surface area (TPSA) is 12.0 Å². The van der Waals surface area contributed by atoms with E-state index in [-0.39, 0.29) is 5.41 Å². The first-order valence-electron chi connectivity index (χ1n) is 5.35. The molecule has 0 amide bonds. The molecule has 0 fully saturated rings. The van der Waals surface area contributed by atoms with Gasteiger partial charge in [-0.2, -0.15) is 0 Å². The molecule has 1 aromatic carbocycles. The molecule has 0 saturated carbocycles. The van der Waals surface area contributed by atoms with Crippen LogP contribution in [-0.2, 0) is 5.41 Å². The molecule has 0 aliphatic heterocycles. The molecule has 1 nitrogen and oxygen atoms in total. The Morgan fingerprint density at radius 1 is 1.21 bits per heavy atom. The molecule has 1 aromatic rings. The summed E-state index contributed by atoms with van der Waals surface area (Å²) in [6, 6.07) is 8.63. The van der Waals surface area contributed by atoms with Crippen LogP contribution in [0.4, 0.5) is 0 Å². The molecule has 0 aromatic heterocycles. The van der Waals surface area contributed by atoms with E-state index in [1.54, 1.807) is 0 Å². The summed E-state index contributed by atoms with van der Waals surface area (Å²) >= 11 is 0. The quantitative estimate of drug-likeness (QED) is 0.771. The Hall–Kier alpha value is -0.820. The molecule has 14 heavy (non-hydrogen) atoms. The van der Waals surface area contributed by atoms with Gasteiger partial charge in [-0.1, -0.05) is 45.0 Å². The van der Waals surface area contributed by atoms with Gasteiger partial charge in [0.15, 0.2) is 0 Å². The van der Waals surface area contributed by atoms with Crippen molar-refractivity contribution in [2.45, 2.75) is 33.1 Å². The Morgan fingerprint density at radius 2 is 1.86 bits per heavy atom. The molecule has 0 saturated heterocycles. The molecule has 1 N–H and O–H groups in total. The zero-order chi connectivity index (χ0) is 10.6. The van der Waals surface area contributed by atoms with Gasteiger partial charge in [0.1, 0.15) is 0 Å². The molecule has 0 heterocycles. The third-order valence-electron chi connectivity index (χ3n) is 2.69. The van der Waals surface area contributed by atoms with Crippen LogP contribution in [0.15, 0.2) is 24.3 Å². The summed E-state index contributed by atoms with van der Waals surface area (Å²) in [6.07, 6.45) is 0. The summed E-state index contributed by atoms with van der Waals surface area (Å²) in [5.41, 5.74) is 3.05. The summed E-state index contributed by atoms with van der Waals surface area (Å²) in [5.74, 6) is 0. The second-order valence-corrected chi connectivity index (χ2v) is 4.48. The number of hydrogen-bond donors (Lipinski definition) is 1. The lowest BCUT2D eigenvalue weighted by molar-refractivity contribution is 0.475. The Morgan fingerprint density at radius 3 is 2.43 bits per heavy atom. The average molecular weight is 191 g/mol. The van der Waals surface area contributed by atoms with Crippen molar-refractivity contribution in [3.05, 3.63) is 35.4 Å². The van der Waals surface area contributed by atoms with Crippen molar-refractivity contribution in [1.82, 2.24) is 5.32 Å². The minimum atomic E-state index is 0.224. The van der Waals surface area contributed by atoms with Crippen LogP contribution >= 0.6 is 0 Å². The SMILES string of the molecule is CCNCC(C)(C)c1ccccc1C. The van der Waals surface area contributed by atoms with Crippen LogP contribution in [0.3, 0.4) is 0 Å². The Bertz CT molecular complexity index is 289. The number of likely N-dealkylation sites (N-methyl/N-ethyl adjacent to an activating group) is 1. The lowest BCUT2D eigenvalue weighted by Crippen LogP contribution is -2.33. The number of hydrogen-bond acceptors (Lipinski definition) is 1. The zero-order valence-electron chi connectivity index (χ0n) is 9.72. The smallest absolute Gasteiger partial charge is 0.00431 e. The van der Waals surface area contributed by atoms with Gasteiger partial charge in [-0.15, -0.1) is 0 Å². The molecule has 0 aliphatic carbocycles. The highest BCUT2D eigenvalue weighted by Crippen LogP contribution is 2.25. The van der Waals surface area contributed by atoms with Crippen molar-refractivity contribution < 1.29 is 0 Å². The molecule has 0 atom stereocenters. The number of rotatable bonds is 4. The predicted molar refractivity (Wildman–Crippen MR) is 62.7 cm³/mol. The molecule has 0 radical (unpaired) electrons. The Kier molecular flexibility index (Phi) is 3.70. The molecule has 0 aliphatic rings. The highest BCUT2D eigenvalue weighted by molar-refractivity contribution is 5.32. The van der Waals surface area contributed by atoms with Crippen molar-refractivity contribution in [2.75, 3.05) is 13.1 Å². The minimum absolute atomic E-state index is 0.224. The summed E-state index contributed by atoms with van der Waals surface area (Å²) in [6.45, 7) is 11.0. The van der Waals surface area contributed by atoms with Crippen LogP contribution in [0.2, 0.25) is 0 Å². The standard InChI is InChI=1S/C13H21N/c1-5-14-10-13(3,4)12-9-7-6-8-11(12)2/h6-9,14H,5,10H2,1-4H3. The lowest BCUT2D eigenvalue weighted by Gasteiger charge is -2.27. The van der Waals surface area contributed by atoms with Crippen molar-refractivity contribution in [3.63, 3.8) is 0 Å². The lowest BCUT2D eigenvalue weighted by atomic mass is 9.82. The fraction of sp³-hybridized carbons (Fsp3) is 0.538. The van der Waals surface area contributed by atoms with Gasteiger partial charge in [0.05, 0.1) is 0 Å². The Balaban J connectivity index is 2.86. The largest absolute Gasteiger partial charge is 0.316 e. The van der Waals surface area contributed by atoms with Crippen molar-refractivity contribution in [1.29, 1.82) is 0 Å². The van der Waals surface area contributed by atoms with E-state index in [0.717, 1.165) is 13.1 Å². The van der Waals surface area contributed by atoms with Crippen molar-refractivity contribution in [3.8, 4) is 0 Å². The maximum Gasteiger partial charge on any atom is 0.00431 e. The molecule has 0 spiro atoms. The van der Waals surface area contributed by atoms with Gasteiger partial charge in [-0.25, -0.2) is 0 Å². The van der Waals surface area contributed by atoms with Crippen LogP contribution < -0.4 is 5.32 Å². The van der Waals surface area contributed by atoms with E-state index in [2.05, 4.69) is 57.3 Å².